The Labute approximate surface area is 104 Å². The Morgan fingerprint density at radius 2 is 1.71 bits per heavy atom. The lowest BCUT2D eigenvalue weighted by atomic mass is 9.78. The summed E-state index contributed by atoms with van der Waals surface area (Å²) in [6.45, 7) is 3.31. The fraction of sp³-hybridized carbons (Fsp3) is 0.600. The molecule has 1 aromatic carbocycles. The van der Waals surface area contributed by atoms with Gasteiger partial charge in [0.05, 0.1) is 0 Å². The first-order valence-electron chi connectivity index (χ1n) is 6.89. The van der Waals surface area contributed by atoms with Crippen molar-refractivity contribution in [3.05, 3.63) is 35.4 Å². The molecule has 1 heterocycles. The third kappa shape index (κ3) is 2.12. The summed E-state index contributed by atoms with van der Waals surface area (Å²) in [6, 6.07) is 9.69. The third-order valence-corrected chi connectivity index (χ3v) is 4.60. The molecule has 2 nitrogen and oxygen atoms in total. The molecule has 1 aliphatic heterocycles. The van der Waals surface area contributed by atoms with Gasteiger partial charge in [0.2, 0.25) is 0 Å². The molecule has 2 heteroatoms. The van der Waals surface area contributed by atoms with Crippen LogP contribution >= 0.6 is 0 Å². The van der Waals surface area contributed by atoms with Crippen molar-refractivity contribution < 1.29 is 0 Å². The number of hydrogen-bond donors (Lipinski definition) is 1. The van der Waals surface area contributed by atoms with Crippen LogP contribution in [0.4, 0.5) is 0 Å². The van der Waals surface area contributed by atoms with Gasteiger partial charge in [0, 0.05) is 19.1 Å². The van der Waals surface area contributed by atoms with E-state index in [4.69, 9.17) is 5.73 Å². The summed E-state index contributed by atoms with van der Waals surface area (Å²) in [5, 5.41) is 0. The molecule has 0 saturated heterocycles. The Balaban J connectivity index is 1.69. The van der Waals surface area contributed by atoms with E-state index in [0.717, 1.165) is 18.5 Å². The highest BCUT2D eigenvalue weighted by Crippen LogP contribution is 2.32. The largest absolute Gasteiger partial charge is 0.330 e. The van der Waals surface area contributed by atoms with E-state index in [-0.39, 0.29) is 0 Å². The topological polar surface area (TPSA) is 29.3 Å². The molecule has 0 aromatic heterocycles. The lowest BCUT2D eigenvalue weighted by Gasteiger charge is -2.43. The van der Waals surface area contributed by atoms with Crippen molar-refractivity contribution in [3.8, 4) is 0 Å². The predicted molar refractivity (Wildman–Crippen MR) is 71.0 cm³/mol. The highest BCUT2D eigenvalue weighted by Gasteiger charge is 2.34. The Morgan fingerprint density at radius 1 is 1.06 bits per heavy atom. The number of fused-ring (bicyclic) bond motifs is 1. The lowest BCUT2D eigenvalue weighted by Crippen LogP contribution is -2.50. The first kappa shape index (κ1) is 11.2. The van der Waals surface area contributed by atoms with Gasteiger partial charge in [-0.25, -0.2) is 0 Å². The van der Waals surface area contributed by atoms with Gasteiger partial charge in [-0.2, -0.15) is 0 Å². The molecule has 2 N–H and O–H groups in total. The molecule has 3 rings (SSSR count). The van der Waals surface area contributed by atoms with Crippen molar-refractivity contribution in [2.24, 2.45) is 11.7 Å². The van der Waals surface area contributed by atoms with E-state index in [1.807, 2.05) is 0 Å². The van der Waals surface area contributed by atoms with Crippen molar-refractivity contribution in [3.63, 3.8) is 0 Å². The standard InChI is InChI=1S/C15H22N2/c16-11-14-5-6-15(14)17-9-7-12-3-1-2-4-13(12)8-10-17/h1-4,14-15H,5-11,16H2. The zero-order chi connectivity index (χ0) is 11.7. The SMILES string of the molecule is NCC1CCC1N1CCc2ccccc2CC1. The van der Waals surface area contributed by atoms with Crippen LogP contribution in [0.1, 0.15) is 24.0 Å². The second-order valence-electron chi connectivity index (χ2n) is 5.45. The van der Waals surface area contributed by atoms with Gasteiger partial charge in [0.15, 0.2) is 0 Å². The molecule has 1 aliphatic carbocycles. The molecule has 1 fully saturated rings. The van der Waals surface area contributed by atoms with Crippen LogP contribution in [-0.2, 0) is 12.8 Å². The number of rotatable bonds is 2. The van der Waals surface area contributed by atoms with E-state index >= 15 is 0 Å². The number of hydrogen-bond acceptors (Lipinski definition) is 2. The van der Waals surface area contributed by atoms with Gasteiger partial charge in [0.1, 0.15) is 0 Å². The predicted octanol–water partition coefficient (Wildman–Crippen LogP) is 1.82. The van der Waals surface area contributed by atoms with Gasteiger partial charge in [-0.1, -0.05) is 24.3 Å². The van der Waals surface area contributed by atoms with E-state index in [1.54, 1.807) is 11.1 Å². The quantitative estimate of drug-likeness (QED) is 0.840. The molecule has 2 unspecified atom stereocenters. The maximum Gasteiger partial charge on any atom is 0.0136 e. The maximum atomic E-state index is 5.83. The molecule has 1 saturated carbocycles. The summed E-state index contributed by atoms with van der Waals surface area (Å²) < 4.78 is 0. The van der Waals surface area contributed by atoms with Gasteiger partial charge >= 0.3 is 0 Å². The van der Waals surface area contributed by atoms with Gasteiger partial charge < -0.3 is 5.73 Å². The average molecular weight is 230 g/mol. The second-order valence-corrected chi connectivity index (χ2v) is 5.45. The van der Waals surface area contributed by atoms with E-state index in [2.05, 4.69) is 29.2 Å². The highest BCUT2D eigenvalue weighted by atomic mass is 15.2. The first-order chi connectivity index (χ1) is 8.38. The van der Waals surface area contributed by atoms with Crippen LogP contribution in [-0.4, -0.2) is 30.6 Å². The molecule has 2 aliphatic rings. The normalized spacial score (nSPS) is 29.2. The Kier molecular flexibility index (Phi) is 3.17. The summed E-state index contributed by atoms with van der Waals surface area (Å²) in [5.74, 6) is 0.760. The van der Waals surface area contributed by atoms with Crippen LogP contribution in [0.3, 0.4) is 0 Å². The van der Waals surface area contributed by atoms with Crippen molar-refractivity contribution >= 4 is 0 Å². The summed E-state index contributed by atoms with van der Waals surface area (Å²) in [6.07, 6.45) is 5.12. The maximum absolute atomic E-state index is 5.83. The van der Waals surface area contributed by atoms with E-state index < -0.39 is 0 Å². The average Bonchev–Trinajstić information content (AvgIpc) is 2.52. The number of benzene rings is 1. The molecule has 92 valence electrons. The Morgan fingerprint density at radius 3 is 2.18 bits per heavy atom. The Bertz CT molecular complexity index is 359. The van der Waals surface area contributed by atoms with E-state index in [0.29, 0.717) is 0 Å². The van der Waals surface area contributed by atoms with Gasteiger partial charge in [-0.3, -0.25) is 4.90 Å². The summed E-state index contributed by atoms with van der Waals surface area (Å²) in [4.78, 5) is 2.68. The van der Waals surface area contributed by atoms with Crippen molar-refractivity contribution in [1.82, 2.24) is 4.90 Å². The van der Waals surface area contributed by atoms with Crippen molar-refractivity contribution in [2.75, 3.05) is 19.6 Å². The molecule has 0 spiro atoms. The molecule has 0 radical (unpaired) electrons. The fourth-order valence-corrected chi connectivity index (χ4v) is 3.32. The Hall–Kier alpha value is -0.860. The van der Waals surface area contributed by atoms with E-state index in [1.165, 1.54) is 38.8 Å². The zero-order valence-electron chi connectivity index (χ0n) is 10.4. The minimum absolute atomic E-state index is 0.760. The minimum Gasteiger partial charge on any atom is -0.330 e. The number of nitrogens with zero attached hydrogens (tertiary/aromatic N) is 1. The monoisotopic (exact) mass is 230 g/mol. The number of nitrogens with two attached hydrogens (primary N) is 1. The van der Waals surface area contributed by atoms with Gasteiger partial charge in [-0.15, -0.1) is 0 Å². The molecular weight excluding hydrogens is 208 g/mol. The van der Waals surface area contributed by atoms with Gasteiger partial charge in [0.25, 0.3) is 0 Å². The summed E-state index contributed by atoms with van der Waals surface area (Å²) >= 11 is 0. The van der Waals surface area contributed by atoms with E-state index in [9.17, 15) is 0 Å². The van der Waals surface area contributed by atoms with Gasteiger partial charge in [-0.05, 0) is 49.3 Å². The molecule has 0 bridgehead atoms. The van der Waals surface area contributed by atoms with Crippen LogP contribution < -0.4 is 5.73 Å². The second kappa shape index (κ2) is 4.79. The molecular formula is C15H22N2. The molecule has 1 aromatic rings. The van der Waals surface area contributed by atoms with Crippen molar-refractivity contribution in [2.45, 2.75) is 31.7 Å². The molecule has 17 heavy (non-hydrogen) atoms. The van der Waals surface area contributed by atoms with Crippen molar-refractivity contribution in [1.29, 1.82) is 0 Å². The minimum atomic E-state index is 0.760. The smallest absolute Gasteiger partial charge is 0.0136 e. The highest BCUT2D eigenvalue weighted by molar-refractivity contribution is 5.28. The lowest BCUT2D eigenvalue weighted by molar-refractivity contribution is 0.0704. The first-order valence-corrected chi connectivity index (χ1v) is 6.89. The molecule has 2 atom stereocenters. The van der Waals surface area contributed by atoms with Crippen LogP contribution in [0.25, 0.3) is 0 Å². The summed E-state index contributed by atoms with van der Waals surface area (Å²) in [7, 11) is 0. The van der Waals surface area contributed by atoms with Crippen LogP contribution in [0.5, 0.6) is 0 Å². The fourth-order valence-electron chi connectivity index (χ4n) is 3.32. The van der Waals surface area contributed by atoms with Crippen LogP contribution in [0.2, 0.25) is 0 Å². The third-order valence-electron chi connectivity index (χ3n) is 4.60. The molecule has 0 amide bonds. The summed E-state index contributed by atoms with van der Waals surface area (Å²) in [5.41, 5.74) is 8.94. The van der Waals surface area contributed by atoms with Crippen LogP contribution in [0, 0.1) is 5.92 Å². The zero-order valence-corrected chi connectivity index (χ0v) is 10.4. The van der Waals surface area contributed by atoms with Crippen LogP contribution in [0.15, 0.2) is 24.3 Å².